The van der Waals surface area contributed by atoms with Crippen LogP contribution in [0.2, 0.25) is 0 Å². The highest BCUT2D eigenvalue weighted by Crippen LogP contribution is 2.21. The number of carbonyl (C=O) groups is 2. The summed E-state index contributed by atoms with van der Waals surface area (Å²) in [5.74, 6) is -0.404. The van der Waals surface area contributed by atoms with Gasteiger partial charge < -0.3 is 19.7 Å². The Bertz CT molecular complexity index is 930. The van der Waals surface area contributed by atoms with Gasteiger partial charge >= 0.3 is 0 Å². The van der Waals surface area contributed by atoms with Crippen molar-refractivity contribution in [3.05, 3.63) is 59.9 Å². The average molecular weight is 457 g/mol. The number of methoxy groups -OCH3 is 1. The van der Waals surface area contributed by atoms with Crippen LogP contribution in [0.3, 0.4) is 0 Å². The number of nitrogens with zero attached hydrogens (tertiary/aromatic N) is 1. The maximum atomic E-state index is 14.0. The van der Waals surface area contributed by atoms with Crippen molar-refractivity contribution in [1.82, 2.24) is 10.2 Å². The Morgan fingerprint density at radius 2 is 1.88 bits per heavy atom. The van der Waals surface area contributed by atoms with Gasteiger partial charge in [0.2, 0.25) is 5.91 Å². The largest absolute Gasteiger partial charge is 0.497 e. The van der Waals surface area contributed by atoms with Crippen molar-refractivity contribution in [1.29, 1.82) is 0 Å². The number of halogens is 1. The van der Waals surface area contributed by atoms with Gasteiger partial charge in [-0.25, -0.2) is 4.39 Å². The minimum absolute atomic E-state index is 0.00638. The lowest BCUT2D eigenvalue weighted by Crippen LogP contribution is -2.52. The van der Waals surface area contributed by atoms with Crippen LogP contribution in [0.1, 0.15) is 51.0 Å². The van der Waals surface area contributed by atoms with Gasteiger partial charge in [0.15, 0.2) is 18.2 Å². The van der Waals surface area contributed by atoms with E-state index < -0.39 is 11.9 Å². The number of carbonyl (C=O) groups excluding carboxylic acids is 2. The van der Waals surface area contributed by atoms with Gasteiger partial charge in [-0.1, -0.05) is 50.5 Å². The Balaban J connectivity index is 1.78. The fraction of sp³-hybridized carbons (Fsp3) is 0.462. The van der Waals surface area contributed by atoms with Gasteiger partial charge in [-0.15, -0.1) is 0 Å². The van der Waals surface area contributed by atoms with E-state index >= 15 is 0 Å². The molecule has 3 rings (SSSR count). The van der Waals surface area contributed by atoms with Crippen LogP contribution in [0, 0.1) is 5.82 Å². The van der Waals surface area contributed by atoms with Gasteiger partial charge in [-0.2, -0.15) is 0 Å². The first-order chi connectivity index (χ1) is 16.0. The molecule has 178 valence electrons. The molecule has 1 aliphatic rings. The molecule has 0 spiro atoms. The van der Waals surface area contributed by atoms with Crippen molar-refractivity contribution in [3.8, 4) is 11.5 Å². The molecule has 0 bridgehead atoms. The zero-order valence-electron chi connectivity index (χ0n) is 19.4. The average Bonchev–Trinajstić information content (AvgIpc) is 2.84. The predicted molar refractivity (Wildman–Crippen MR) is 125 cm³/mol. The Labute approximate surface area is 195 Å². The Kier molecular flexibility index (Phi) is 9.10. The molecule has 0 aliphatic heterocycles. The number of para-hydroxylation sites is 1. The Morgan fingerprint density at radius 3 is 2.58 bits per heavy atom. The first kappa shape index (κ1) is 24.6. The lowest BCUT2D eigenvalue weighted by Gasteiger charge is -2.32. The zero-order valence-corrected chi connectivity index (χ0v) is 19.4. The summed E-state index contributed by atoms with van der Waals surface area (Å²) in [7, 11) is 1.58. The topological polar surface area (TPSA) is 67.9 Å². The van der Waals surface area contributed by atoms with Crippen LogP contribution < -0.4 is 14.8 Å². The lowest BCUT2D eigenvalue weighted by molar-refractivity contribution is -0.143. The summed E-state index contributed by atoms with van der Waals surface area (Å²) in [5, 5.41) is 3.14. The van der Waals surface area contributed by atoms with Crippen molar-refractivity contribution in [3.63, 3.8) is 0 Å². The summed E-state index contributed by atoms with van der Waals surface area (Å²) >= 11 is 0. The summed E-state index contributed by atoms with van der Waals surface area (Å²) in [6, 6.07) is 12.8. The summed E-state index contributed by atoms with van der Waals surface area (Å²) in [4.78, 5) is 28.0. The number of nitrogens with one attached hydrogen (secondary N) is 1. The van der Waals surface area contributed by atoms with E-state index in [-0.39, 0.29) is 36.8 Å². The molecule has 1 aliphatic carbocycles. The normalized spacial score (nSPS) is 14.9. The molecule has 0 radical (unpaired) electrons. The van der Waals surface area contributed by atoms with Gasteiger partial charge in [-0.3, -0.25) is 9.59 Å². The standard InChI is InChI=1S/C26H33FN2O4/c1-3-23(26(31)28-20-11-5-4-6-12-20)29(17-19-10-9-13-21(16-19)32-2)25(30)18-33-24-15-8-7-14-22(24)27/h7-10,13-16,20,23H,3-6,11-12,17-18H2,1-2H3,(H,28,31)/t23-/m1/s1. The second-order valence-corrected chi connectivity index (χ2v) is 8.36. The molecule has 1 saturated carbocycles. The minimum Gasteiger partial charge on any atom is -0.497 e. The molecule has 1 fully saturated rings. The molecule has 2 amide bonds. The highest BCUT2D eigenvalue weighted by molar-refractivity contribution is 5.88. The minimum atomic E-state index is -0.658. The Hall–Kier alpha value is -3.09. The maximum absolute atomic E-state index is 14.0. The second kappa shape index (κ2) is 12.2. The lowest BCUT2D eigenvalue weighted by atomic mass is 9.95. The van der Waals surface area contributed by atoms with E-state index in [1.165, 1.54) is 23.5 Å². The number of ether oxygens (including phenoxy) is 2. The first-order valence-electron chi connectivity index (χ1n) is 11.6. The van der Waals surface area contributed by atoms with E-state index in [0.717, 1.165) is 31.2 Å². The van der Waals surface area contributed by atoms with E-state index in [1.54, 1.807) is 19.2 Å². The van der Waals surface area contributed by atoms with E-state index in [9.17, 15) is 14.0 Å². The highest BCUT2D eigenvalue weighted by atomic mass is 19.1. The molecule has 0 unspecified atom stereocenters. The molecule has 0 heterocycles. The molecular weight excluding hydrogens is 423 g/mol. The van der Waals surface area contributed by atoms with Crippen LogP contribution in [-0.4, -0.2) is 42.5 Å². The summed E-state index contributed by atoms with van der Waals surface area (Å²) < 4.78 is 24.7. The van der Waals surface area contributed by atoms with Crippen molar-refractivity contribution >= 4 is 11.8 Å². The number of hydrogen-bond acceptors (Lipinski definition) is 4. The summed E-state index contributed by atoms with van der Waals surface area (Å²) in [5.41, 5.74) is 0.831. The molecule has 2 aromatic carbocycles. The number of benzene rings is 2. The monoisotopic (exact) mass is 456 g/mol. The van der Waals surface area contributed by atoms with Crippen molar-refractivity contribution in [2.24, 2.45) is 0 Å². The van der Waals surface area contributed by atoms with E-state index in [1.807, 2.05) is 31.2 Å². The van der Waals surface area contributed by atoms with E-state index in [4.69, 9.17) is 9.47 Å². The van der Waals surface area contributed by atoms with Crippen molar-refractivity contribution < 1.29 is 23.5 Å². The fourth-order valence-electron chi connectivity index (χ4n) is 4.22. The number of rotatable bonds is 10. The molecule has 6 nitrogen and oxygen atoms in total. The van der Waals surface area contributed by atoms with Crippen LogP contribution in [0.15, 0.2) is 48.5 Å². The van der Waals surface area contributed by atoms with Gasteiger partial charge in [0.25, 0.3) is 5.91 Å². The third kappa shape index (κ3) is 6.94. The number of amides is 2. The fourth-order valence-corrected chi connectivity index (χ4v) is 4.22. The smallest absolute Gasteiger partial charge is 0.261 e. The molecule has 0 saturated heterocycles. The van der Waals surface area contributed by atoms with Crippen molar-refractivity contribution in [2.45, 2.75) is 64.1 Å². The molecule has 0 aromatic heterocycles. The maximum Gasteiger partial charge on any atom is 0.261 e. The van der Waals surface area contributed by atoms with E-state index in [0.29, 0.717) is 12.2 Å². The molecule has 1 N–H and O–H groups in total. The zero-order chi connectivity index (χ0) is 23.6. The van der Waals surface area contributed by atoms with Gasteiger partial charge in [0.05, 0.1) is 7.11 Å². The quantitative estimate of drug-likeness (QED) is 0.573. The van der Waals surface area contributed by atoms with Gasteiger partial charge in [0.1, 0.15) is 11.8 Å². The van der Waals surface area contributed by atoms with Crippen LogP contribution in [0.5, 0.6) is 11.5 Å². The predicted octanol–water partition coefficient (Wildman–Crippen LogP) is 4.47. The first-order valence-corrected chi connectivity index (χ1v) is 11.6. The van der Waals surface area contributed by atoms with Gasteiger partial charge in [0, 0.05) is 12.6 Å². The van der Waals surface area contributed by atoms with Crippen LogP contribution >= 0.6 is 0 Å². The third-order valence-corrected chi connectivity index (χ3v) is 6.01. The second-order valence-electron chi connectivity index (χ2n) is 8.36. The summed E-state index contributed by atoms with van der Waals surface area (Å²) in [6.07, 6.45) is 5.77. The third-order valence-electron chi connectivity index (χ3n) is 6.01. The number of hydrogen-bond donors (Lipinski definition) is 1. The molecule has 1 atom stereocenters. The highest BCUT2D eigenvalue weighted by Gasteiger charge is 2.30. The van der Waals surface area contributed by atoms with Crippen LogP contribution in [0.4, 0.5) is 4.39 Å². The van der Waals surface area contributed by atoms with Crippen molar-refractivity contribution in [2.75, 3.05) is 13.7 Å². The molecular formula is C26H33FN2O4. The van der Waals surface area contributed by atoms with Crippen LogP contribution in [0.25, 0.3) is 0 Å². The van der Waals surface area contributed by atoms with E-state index in [2.05, 4.69) is 5.32 Å². The molecule has 7 heteroatoms. The molecule has 33 heavy (non-hydrogen) atoms. The van der Waals surface area contributed by atoms with Gasteiger partial charge in [-0.05, 0) is 49.1 Å². The SMILES string of the molecule is CC[C@H](C(=O)NC1CCCCC1)N(Cc1cccc(OC)c1)C(=O)COc1ccccc1F. The summed E-state index contributed by atoms with van der Waals surface area (Å²) in [6.45, 7) is 1.74. The molecule has 2 aromatic rings. The Morgan fingerprint density at radius 1 is 1.12 bits per heavy atom. The van der Waals surface area contributed by atoms with Crippen LogP contribution in [-0.2, 0) is 16.1 Å².